The maximum Gasteiger partial charge on any atom is 0.0474 e. The number of nitrogens with zero attached hydrogens (tertiary/aromatic N) is 1. The Kier molecular flexibility index (Phi) is 1.97. The van der Waals surface area contributed by atoms with Gasteiger partial charge in [-0.2, -0.15) is 0 Å². The zero-order chi connectivity index (χ0) is 11.9. The topological polar surface area (TPSA) is 19.0 Å². The van der Waals surface area contributed by atoms with Crippen molar-refractivity contribution in [3.63, 3.8) is 0 Å². The molecule has 0 radical (unpaired) electrons. The lowest BCUT2D eigenvalue weighted by Gasteiger charge is -2.19. The minimum Gasteiger partial charge on any atom is -0.361 e. The Morgan fingerprint density at radius 1 is 1.00 bits per heavy atom. The van der Waals surface area contributed by atoms with Gasteiger partial charge in [-0.1, -0.05) is 24.3 Å². The summed E-state index contributed by atoms with van der Waals surface area (Å²) in [7, 11) is 0. The first-order chi connectivity index (χ1) is 8.92. The normalized spacial score (nSPS) is 14.1. The van der Waals surface area contributed by atoms with E-state index in [0.717, 1.165) is 13.0 Å². The van der Waals surface area contributed by atoms with Gasteiger partial charge in [-0.15, -0.1) is 0 Å². The molecule has 1 aromatic heterocycles. The van der Waals surface area contributed by atoms with Gasteiger partial charge in [0.1, 0.15) is 0 Å². The number of fused-ring (bicyclic) bond motifs is 2. The van der Waals surface area contributed by atoms with Crippen LogP contribution in [0.15, 0.2) is 54.7 Å². The fraction of sp³-hybridized carbons (Fsp3) is 0.125. The average Bonchev–Trinajstić information content (AvgIpc) is 3.04. The summed E-state index contributed by atoms with van der Waals surface area (Å²) in [6, 6.07) is 17.4. The molecular formula is C16H14N2. The van der Waals surface area contributed by atoms with E-state index in [1.54, 1.807) is 0 Å². The molecule has 0 atom stereocenters. The number of hydrogen-bond donors (Lipinski definition) is 1. The molecule has 0 saturated heterocycles. The van der Waals surface area contributed by atoms with Crippen molar-refractivity contribution in [3.05, 3.63) is 60.3 Å². The number of nitrogens with one attached hydrogen (secondary N) is 1. The van der Waals surface area contributed by atoms with Crippen LogP contribution in [0.5, 0.6) is 0 Å². The van der Waals surface area contributed by atoms with Gasteiger partial charge < -0.3 is 9.88 Å². The number of hydrogen-bond acceptors (Lipinski definition) is 1. The molecule has 88 valence electrons. The molecule has 2 nitrogen and oxygen atoms in total. The van der Waals surface area contributed by atoms with Crippen LogP contribution in [0.2, 0.25) is 0 Å². The van der Waals surface area contributed by atoms with E-state index in [9.17, 15) is 0 Å². The number of para-hydroxylation sites is 1. The molecule has 0 bridgehead atoms. The molecule has 0 unspecified atom stereocenters. The molecule has 0 fully saturated rings. The second-order valence-corrected chi connectivity index (χ2v) is 4.78. The van der Waals surface area contributed by atoms with Crippen molar-refractivity contribution in [3.8, 4) is 0 Å². The Balaban J connectivity index is 1.84. The zero-order valence-electron chi connectivity index (χ0n) is 10.1. The summed E-state index contributed by atoms with van der Waals surface area (Å²) in [4.78, 5) is 5.68. The van der Waals surface area contributed by atoms with Crippen molar-refractivity contribution in [1.82, 2.24) is 4.98 Å². The highest BCUT2D eigenvalue weighted by atomic mass is 15.2. The first kappa shape index (κ1) is 9.77. The molecular weight excluding hydrogens is 220 g/mol. The lowest BCUT2D eigenvalue weighted by Crippen LogP contribution is -2.12. The first-order valence-electron chi connectivity index (χ1n) is 6.34. The van der Waals surface area contributed by atoms with Crippen molar-refractivity contribution >= 4 is 22.3 Å². The van der Waals surface area contributed by atoms with E-state index in [-0.39, 0.29) is 0 Å². The van der Waals surface area contributed by atoms with Gasteiger partial charge in [0.25, 0.3) is 0 Å². The number of aromatic nitrogens is 1. The minimum absolute atomic E-state index is 1.07. The molecule has 2 heteroatoms. The van der Waals surface area contributed by atoms with Gasteiger partial charge in [0.05, 0.1) is 0 Å². The summed E-state index contributed by atoms with van der Waals surface area (Å²) >= 11 is 0. The van der Waals surface area contributed by atoms with Crippen LogP contribution in [-0.2, 0) is 6.42 Å². The van der Waals surface area contributed by atoms with E-state index in [2.05, 4.69) is 58.4 Å². The van der Waals surface area contributed by atoms with Crippen molar-refractivity contribution in [2.75, 3.05) is 11.4 Å². The molecule has 18 heavy (non-hydrogen) atoms. The molecule has 2 aromatic carbocycles. The van der Waals surface area contributed by atoms with E-state index >= 15 is 0 Å². The minimum atomic E-state index is 1.07. The quantitative estimate of drug-likeness (QED) is 0.677. The molecule has 1 N–H and O–H groups in total. The van der Waals surface area contributed by atoms with E-state index in [1.165, 1.54) is 27.8 Å². The monoisotopic (exact) mass is 234 g/mol. The van der Waals surface area contributed by atoms with Crippen molar-refractivity contribution < 1.29 is 0 Å². The summed E-state index contributed by atoms with van der Waals surface area (Å²) < 4.78 is 0. The Morgan fingerprint density at radius 3 is 2.94 bits per heavy atom. The number of aromatic amines is 1. The maximum absolute atomic E-state index is 3.28. The molecule has 0 amide bonds. The summed E-state index contributed by atoms with van der Waals surface area (Å²) in [5.41, 5.74) is 5.28. The van der Waals surface area contributed by atoms with Gasteiger partial charge in [0.2, 0.25) is 0 Å². The third kappa shape index (κ3) is 1.35. The van der Waals surface area contributed by atoms with E-state index in [0.29, 0.717) is 0 Å². The SMILES string of the molecule is c1ccc2c(c1)CCN2c1ccc2cc[nH]c2c1. The first-order valence-corrected chi connectivity index (χ1v) is 6.34. The predicted molar refractivity (Wildman–Crippen MR) is 75.5 cm³/mol. The molecule has 2 heterocycles. The highest BCUT2D eigenvalue weighted by Gasteiger charge is 2.19. The second kappa shape index (κ2) is 3.64. The molecule has 0 aliphatic carbocycles. The van der Waals surface area contributed by atoms with E-state index in [4.69, 9.17) is 0 Å². The second-order valence-electron chi connectivity index (χ2n) is 4.78. The summed E-state index contributed by atoms with van der Waals surface area (Å²) in [6.07, 6.45) is 3.13. The molecule has 1 aliphatic rings. The largest absolute Gasteiger partial charge is 0.361 e. The highest BCUT2D eigenvalue weighted by Crippen LogP contribution is 2.35. The van der Waals surface area contributed by atoms with Crippen molar-refractivity contribution in [2.45, 2.75) is 6.42 Å². The Hall–Kier alpha value is -2.22. The van der Waals surface area contributed by atoms with Crippen LogP contribution < -0.4 is 4.90 Å². The van der Waals surface area contributed by atoms with Gasteiger partial charge >= 0.3 is 0 Å². The lowest BCUT2D eigenvalue weighted by atomic mass is 10.2. The van der Waals surface area contributed by atoms with Crippen LogP contribution in [0.25, 0.3) is 10.9 Å². The van der Waals surface area contributed by atoms with Crippen LogP contribution in [-0.4, -0.2) is 11.5 Å². The Bertz CT molecular complexity index is 712. The van der Waals surface area contributed by atoms with Gasteiger partial charge in [-0.25, -0.2) is 0 Å². The number of anilines is 2. The summed E-state index contributed by atoms with van der Waals surface area (Å²) in [5, 5.41) is 1.27. The number of benzene rings is 2. The Labute approximate surface area is 106 Å². The van der Waals surface area contributed by atoms with Crippen LogP contribution in [0.1, 0.15) is 5.56 Å². The third-order valence-electron chi connectivity index (χ3n) is 3.74. The van der Waals surface area contributed by atoms with Gasteiger partial charge in [-0.3, -0.25) is 0 Å². The fourth-order valence-corrected chi connectivity index (χ4v) is 2.81. The predicted octanol–water partition coefficient (Wildman–Crippen LogP) is 3.86. The summed E-state index contributed by atoms with van der Waals surface area (Å²) in [6.45, 7) is 1.07. The van der Waals surface area contributed by atoms with Crippen molar-refractivity contribution in [2.24, 2.45) is 0 Å². The van der Waals surface area contributed by atoms with E-state index < -0.39 is 0 Å². The fourth-order valence-electron chi connectivity index (χ4n) is 2.81. The van der Waals surface area contributed by atoms with Crippen molar-refractivity contribution in [1.29, 1.82) is 0 Å². The van der Waals surface area contributed by atoms with Crippen LogP contribution in [0.4, 0.5) is 11.4 Å². The van der Waals surface area contributed by atoms with Gasteiger partial charge in [0.15, 0.2) is 0 Å². The van der Waals surface area contributed by atoms with Crippen LogP contribution in [0, 0.1) is 0 Å². The zero-order valence-corrected chi connectivity index (χ0v) is 10.1. The van der Waals surface area contributed by atoms with Gasteiger partial charge in [0, 0.05) is 29.6 Å². The molecule has 0 saturated carbocycles. The lowest BCUT2D eigenvalue weighted by molar-refractivity contribution is 0.999. The summed E-state index contributed by atoms with van der Waals surface area (Å²) in [5.74, 6) is 0. The molecule has 1 aliphatic heterocycles. The number of rotatable bonds is 1. The molecule has 3 aromatic rings. The highest BCUT2D eigenvalue weighted by molar-refractivity contribution is 5.85. The molecule has 4 rings (SSSR count). The van der Waals surface area contributed by atoms with Gasteiger partial charge in [-0.05, 0) is 41.6 Å². The maximum atomic E-state index is 3.28. The Morgan fingerprint density at radius 2 is 1.94 bits per heavy atom. The van der Waals surface area contributed by atoms with E-state index in [1.807, 2.05) is 6.20 Å². The average molecular weight is 234 g/mol. The van der Waals surface area contributed by atoms with Crippen LogP contribution >= 0.6 is 0 Å². The standard InChI is InChI=1S/C16H14N2/c1-2-4-16-13(3-1)8-10-18(16)14-6-5-12-7-9-17-15(12)11-14/h1-7,9,11,17H,8,10H2. The third-order valence-corrected chi connectivity index (χ3v) is 3.74. The smallest absolute Gasteiger partial charge is 0.0474 e. The van der Waals surface area contributed by atoms with Crippen LogP contribution in [0.3, 0.4) is 0 Å². The molecule has 0 spiro atoms. The number of H-pyrrole nitrogens is 1.